The first-order chi connectivity index (χ1) is 11.5. The van der Waals surface area contributed by atoms with E-state index in [9.17, 15) is 19.7 Å². The van der Waals surface area contributed by atoms with Crippen LogP contribution in [0.15, 0.2) is 18.2 Å². The number of piperidine rings is 1. The monoisotopic (exact) mass is 370 g/mol. The summed E-state index contributed by atoms with van der Waals surface area (Å²) in [6.07, 6.45) is 1.38. The fourth-order valence-electron chi connectivity index (χ4n) is 2.96. The van der Waals surface area contributed by atoms with Crippen molar-refractivity contribution in [1.82, 2.24) is 10.2 Å². The van der Waals surface area contributed by atoms with Gasteiger partial charge in [-0.3, -0.25) is 19.7 Å². The van der Waals surface area contributed by atoms with Crippen LogP contribution in [-0.4, -0.2) is 47.8 Å². The van der Waals surface area contributed by atoms with Gasteiger partial charge in [-0.2, -0.15) is 0 Å². The standard InChI is InChI=1S/C16H22N4O4.ClH/c1-11-4-2-6-13(14(11)20(23)24)16(22)19-9-3-5-12(10-19)15(21)18-8-7-17;/h2,4,6,12H,3,5,7-10,17H2,1H3,(H,18,21);1H. The average molecular weight is 371 g/mol. The Hall–Kier alpha value is -2.19. The van der Waals surface area contributed by atoms with Crippen molar-refractivity contribution in [3.63, 3.8) is 0 Å². The average Bonchev–Trinajstić information content (AvgIpc) is 2.58. The Morgan fingerprint density at radius 3 is 2.80 bits per heavy atom. The van der Waals surface area contributed by atoms with E-state index in [1.54, 1.807) is 19.1 Å². The third kappa shape index (κ3) is 4.90. The number of carbonyl (C=O) groups excluding carboxylic acids is 2. The maximum Gasteiger partial charge on any atom is 0.285 e. The molecule has 25 heavy (non-hydrogen) atoms. The second-order valence-corrected chi connectivity index (χ2v) is 5.90. The summed E-state index contributed by atoms with van der Waals surface area (Å²) in [5.41, 5.74) is 5.72. The summed E-state index contributed by atoms with van der Waals surface area (Å²) in [7, 11) is 0. The van der Waals surface area contributed by atoms with Crippen molar-refractivity contribution in [3.8, 4) is 0 Å². The summed E-state index contributed by atoms with van der Waals surface area (Å²) < 4.78 is 0. The summed E-state index contributed by atoms with van der Waals surface area (Å²) >= 11 is 0. The van der Waals surface area contributed by atoms with Crippen molar-refractivity contribution in [2.75, 3.05) is 26.2 Å². The number of carbonyl (C=O) groups is 2. The predicted octanol–water partition coefficient (Wildman–Crippen LogP) is 1.25. The van der Waals surface area contributed by atoms with Crippen LogP contribution in [0.3, 0.4) is 0 Å². The summed E-state index contributed by atoms with van der Waals surface area (Å²) in [6, 6.07) is 4.70. The van der Waals surface area contributed by atoms with Crippen LogP contribution < -0.4 is 11.1 Å². The number of hydrogen-bond donors (Lipinski definition) is 2. The first kappa shape index (κ1) is 20.9. The summed E-state index contributed by atoms with van der Waals surface area (Å²) in [5.74, 6) is -0.837. The van der Waals surface area contributed by atoms with Gasteiger partial charge in [-0.05, 0) is 25.8 Å². The number of nitro benzene ring substituents is 1. The Morgan fingerprint density at radius 2 is 2.16 bits per heavy atom. The van der Waals surface area contributed by atoms with Gasteiger partial charge in [0.15, 0.2) is 0 Å². The van der Waals surface area contributed by atoms with Crippen LogP contribution in [0.5, 0.6) is 0 Å². The van der Waals surface area contributed by atoms with Crippen molar-refractivity contribution in [3.05, 3.63) is 39.4 Å². The molecule has 1 aromatic carbocycles. The lowest BCUT2D eigenvalue weighted by molar-refractivity contribution is -0.385. The fourth-order valence-corrected chi connectivity index (χ4v) is 2.96. The molecule has 8 nitrogen and oxygen atoms in total. The predicted molar refractivity (Wildman–Crippen MR) is 95.8 cm³/mol. The molecule has 1 aliphatic heterocycles. The van der Waals surface area contributed by atoms with Crippen LogP contribution in [-0.2, 0) is 4.79 Å². The van der Waals surface area contributed by atoms with E-state index in [0.29, 0.717) is 38.0 Å². The van der Waals surface area contributed by atoms with Crippen LogP contribution in [0.2, 0.25) is 0 Å². The number of hydrogen-bond acceptors (Lipinski definition) is 5. The van der Waals surface area contributed by atoms with Gasteiger partial charge in [-0.15, -0.1) is 12.4 Å². The second kappa shape index (κ2) is 9.33. The lowest BCUT2D eigenvalue weighted by atomic mass is 9.96. The number of amides is 2. The fraction of sp³-hybridized carbons (Fsp3) is 0.500. The SMILES string of the molecule is Cc1cccc(C(=O)N2CCCC(C(=O)NCCN)C2)c1[N+](=O)[O-].Cl. The van der Waals surface area contributed by atoms with Crippen LogP contribution >= 0.6 is 12.4 Å². The highest BCUT2D eigenvalue weighted by atomic mass is 35.5. The van der Waals surface area contributed by atoms with Gasteiger partial charge >= 0.3 is 0 Å². The van der Waals surface area contributed by atoms with Crippen molar-refractivity contribution in [1.29, 1.82) is 0 Å². The van der Waals surface area contributed by atoms with Crippen molar-refractivity contribution in [2.45, 2.75) is 19.8 Å². The number of likely N-dealkylation sites (tertiary alicyclic amines) is 1. The molecule has 1 aliphatic rings. The number of rotatable bonds is 5. The molecule has 1 heterocycles. The molecule has 3 N–H and O–H groups in total. The molecule has 0 aromatic heterocycles. The van der Waals surface area contributed by atoms with E-state index < -0.39 is 10.8 Å². The van der Waals surface area contributed by atoms with Gasteiger partial charge in [0.1, 0.15) is 5.56 Å². The molecule has 1 saturated heterocycles. The minimum absolute atomic E-state index is 0. The quantitative estimate of drug-likeness (QED) is 0.597. The highest BCUT2D eigenvalue weighted by Gasteiger charge is 2.32. The van der Waals surface area contributed by atoms with E-state index in [1.165, 1.54) is 11.0 Å². The van der Waals surface area contributed by atoms with Crippen LogP contribution in [0.25, 0.3) is 0 Å². The van der Waals surface area contributed by atoms with Gasteiger partial charge in [0.25, 0.3) is 11.6 Å². The Bertz CT molecular complexity index is 653. The molecule has 9 heteroatoms. The number of nitrogens with one attached hydrogen (secondary N) is 1. The van der Waals surface area contributed by atoms with Gasteiger partial charge in [0.05, 0.1) is 10.8 Å². The van der Waals surface area contributed by atoms with Crippen molar-refractivity contribution < 1.29 is 14.5 Å². The third-order valence-corrected chi connectivity index (χ3v) is 4.17. The Morgan fingerprint density at radius 1 is 1.44 bits per heavy atom. The lowest BCUT2D eigenvalue weighted by Crippen LogP contribution is -2.46. The summed E-state index contributed by atoms with van der Waals surface area (Å²) in [5, 5.41) is 14.0. The van der Waals surface area contributed by atoms with E-state index in [1.807, 2.05) is 0 Å². The Balaban J connectivity index is 0.00000312. The minimum atomic E-state index is -0.530. The molecular weight excluding hydrogens is 348 g/mol. The Labute approximate surface area is 152 Å². The summed E-state index contributed by atoms with van der Waals surface area (Å²) in [4.78, 5) is 37.1. The number of halogens is 1. The van der Waals surface area contributed by atoms with Crippen LogP contribution in [0.1, 0.15) is 28.8 Å². The molecule has 2 amide bonds. The molecule has 1 aromatic rings. The topological polar surface area (TPSA) is 119 Å². The number of nitro groups is 1. The molecule has 0 bridgehead atoms. The van der Waals surface area contributed by atoms with Gasteiger partial charge in [-0.1, -0.05) is 12.1 Å². The van der Waals surface area contributed by atoms with E-state index in [4.69, 9.17) is 5.73 Å². The molecule has 1 fully saturated rings. The maximum atomic E-state index is 12.7. The first-order valence-corrected chi connectivity index (χ1v) is 7.96. The number of nitrogens with two attached hydrogens (primary N) is 1. The van der Waals surface area contributed by atoms with Crippen molar-refractivity contribution in [2.24, 2.45) is 11.7 Å². The molecule has 138 valence electrons. The number of benzene rings is 1. The largest absolute Gasteiger partial charge is 0.355 e. The summed E-state index contributed by atoms with van der Waals surface area (Å²) in [6.45, 7) is 3.11. The third-order valence-electron chi connectivity index (χ3n) is 4.17. The van der Waals surface area contributed by atoms with Crippen LogP contribution in [0.4, 0.5) is 5.69 Å². The molecule has 1 unspecified atom stereocenters. The molecule has 0 spiro atoms. The highest BCUT2D eigenvalue weighted by Crippen LogP contribution is 2.26. The van der Waals surface area contributed by atoms with Gasteiger partial charge in [0.2, 0.25) is 5.91 Å². The number of nitrogens with zero attached hydrogens (tertiary/aromatic N) is 2. The zero-order chi connectivity index (χ0) is 17.7. The van der Waals surface area contributed by atoms with E-state index >= 15 is 0 Å². The van der Waals surface area contributed by atoms with Gasteiger partial charge in [-0.25, -0.2) is 0 Å². The molecular formula is C16H23ClN4O4. The number of para-hydroxylation sites is 1. The number of aryl methyl sites for hydroxylation is 1. The first-order valence-electron chi connectivity index (χ1n) is 7.96. The molecule has 1 atom stereocenters. The highest BCUT2D eigenvalue weighted by molar-refractivity contribution is 5.99. The van der Waals surface area contributed by atoms with E-state index in [0.717, 1.165) is 0 Å². The van der Waals surface area contributed by atoms with Crippen molar-refractivity contribution >= 4 is 29.9 Å². The molecule has 0 radical (unpaired) electrons. The zero-order valence-corrected chi connectivity index (χ0v) is 14.9. The van der Waals surface area contributed by atoms with Gasteiger partial charge < -0.3 is 16.0 Å². The minimum Gasteiger partial charge on any atom is -0.355 e. The molecule has 0 aliphatic carbocycles. The molecule has 2 rings (SSSR count). The maximum absolute atomic E-state index is 12.7. The second-order valence-electron chi connectivity index (χ2n) is 5.90. The lowest BCUT2D eigenvalue weighted by Gasteiger charge is -2.32. The normalized spacial score (nSPS) is 16.7. The van der Waals surface area contributed by atoms with Crippen LogP contribution in [0, 0.1) is 23.0 Å². The molecule has 0 saturated carbocycles. The smallest absolute Gasteiger partial charge is 0.285 e. The van der Waals surface area contributed by atoms with E-state index in [2.05, 4.69) is 5.32 Å². The van der Waals surface area contributed by atoms with E-state index in [-0.39, 0.29) is 42.0 Å². The Kier molecular flexibility index (Phi) is 7.79. The zero-order valence-electron chi connectivity index (χ0n) is 14.1. The van der Waals surface area contributed by atoms with Gasteiger partial charge in [0, 0.05) is 31.7 Å².